The second-order valence-corrected chi connectivity index (χ2v) is 7.95. The van der Waals surface area contributed by atoms with Gasteiger partial charge < -0.3 is 14.2 Å². The highest BCUT2D eigenvalue weighted by molar-refractivity contribution is 5.79. The van der Waals surface area contributed by atoms with Crippen LogP contribution in [-0.2, 0) is 6.54 Å². The Labute approximate surface area is 193 Å². The number of nitrogens with zero attached hydrogens (tertiary/aromatic N) is 2. The van der Waals surface area contributed by atoms with E-state index in [-0.39, 0.29) is 11.7 Å². The van der Waals surface area contributed by atoms with Crippen molar-refractivity contribution in [1.29, 1.82) is 0 Å². The number of benzene rings is 3. The lowest BCUT2D eigenvalue weighted by atomic mass is 10.1. The predicted molar refractivity (Wildman–Crippen MR) is 130 cm³/mol. The topological polar surface area (TPSA) is 62.6 Å². The summed E-state index contributed by atoms with van der Waals surface area (Å²) >= 11 is 0. The first-order chi connectivity index (χ1) is 16.1. The van der Waals surface area contributed by atoms with Crippen molar-refractivity contribution in [1.82, 2.24) is 9.55 Å². The van der Waals surface area contributed by atoms with E-state index in [2.05, 4.69) is 0 Å². The Morgan fingerprint density at radius 2 is 1.61 bits per heavy atom. The summed E-state index contributed by atoms with van der Waals surface area (Å²) in [6.45, 7) is 4.89. The molecule has 4 aromatic rings. The molecule has 0 aliphatic heterocycles. The maximum Gasteiger partial charge on any atom is 0.261 e. The van der Waals surface area contributed by atoms with Crippen molar-refractivity contribution < 1.29 is 14.2 Å². The zero-order valence-corrected chi connectivity index (χ0v) is 19.2. The second kappa shape index (κ2) is 10.2. The minimum absolute atomic E-state index is 0.0593. The van der Waals surface area contributed by atoms with Gasteiger partial charge in [-0.25, -0.2) is 4.98 Å². The lowest BCUT2D eigenvalue weighted by molar-refractivity contribution is 0.219. The predicted octanol–water partition coefficient (Wildman–Crippen LogP) is 5.33. The average molecular weight is 445 g/mol. The molecule has 0 saturated carbocycles. The number of rotatable bonds is 9. The van der Waals surface area contributed by atoms with Crippen LogP contribution in [0.5, 0.6) is 17.2 Å². The lowest BCUT2D eigenvalue weighted by Gasteiger charge is -2.16. The summed E-state index contributed by atoms with van der Waals surface area (Å²) in [5.41, 5.74) is 1.48. The normalized spacial score (nSPS) is 11.0. The highest BCUT2D eigenvalue weighted by atomic mass is 16.5. The third-order valence-corrected chi connectivity index (χ3v) is 5.21. The van der Waals surface area contributed by atoms with E-state index in [1.165, 1.54) is 0 Å². The van der Waals surface area contributed by atoms with Crippen LogP contribution in [0.1, 0.15) is 20.3 Å². The molecule has 0 amide bonds. The van der Waals surface area contributed by atoms with E-state index >= 15 is 0 Å². The summed E-state index contributed by atoms with van der Waals surface area (Å²) < 4.78 is 18.8. The minimum atomic E-state index is -0.0602. The van der Waals surface area contributed by atoms with E-state index in [1.54, 1.807) is 11.7 Å². The fourth-order valence-electron chi connectivity index (χ4n) is 3.66. The molecule has 0 aliphatic carbocycles. The van der Waals surface area contributed by atoms with E-state index in [0.29, 0.717) is 42.0 Å². The summed E-state index contributed by atoms with van der Waals surface area (Å²) in [4.78, 5) is 18.1. The molecule has 33 heavy (non-hydrogen) atoms. The third kappa shape index (κ3) is 5.17. The van der Waals surface area contributed by atoms with Crippen molar-refractivity contribution >= 4 is 10.9 Å². The number of methoxy groups -OCH3 is 1. The SMILES string of the molecule is COc1ccc(-c2nc3ccccc3c(=O)n2CCCOc2ccccc2OC(C)C)cc1. The summed E-state index contributed by atoms with van der Waals surface area (Å²) in [5.74, 6) is 2.80. The summed E-state index contributed by atoms with van der Waals surface area (Å²) in [5, 5.41) is 0.603. The smallest absolute Gasteiger partial charge is 0.261 e. The van der Waals surface area contributed by atoms with Crippen LogP contribution in [0.15, 0.2) is 77.6 Å². The van der Waals surface area contributed by atoms with Crippen molar-refractivity contribution in [2.45, 2.75) is 32.9 Å². The zero-order valence-electron chi connectivity index (χ0n) is 19.2. The van der Waals surface area contributed by atoms with Crippen LogP contribution in [0.4, 0.5) is 0 Å². The van der Waals surface area contributed by atoms with E-state index in [0.717, 1.165) is 17.1 Å². The Morgan fingerprint density at radius 1 is 0.909 bits per heavy atom. The molecular weight excluding hydrogens is 416 g/mol. The molecule has 4 rings (SSSR count). The quantitative estimate of drug-likeness (QED) is 0.327. The van der Waals surface area contributed by atoms with Gasteiger partial charge in [0.2, 0.25) is 0 Å². The van der Waals surface area contributed by atoms with Gasteiger partial charge in [0.15, 0.2) is 11.5 Å². The number of hydrogen-bond acceptors (Lipinski definition) is 5. The molecule has 0 saturated heterocycles. The molecule has 6 nitrogen and oxygen atoms in total. The van der Waals surface area contributed by atoms with Crippen LogP contribution in [0, 0.1) is 0 Å². The molecule has 6 heteroatoms. The molecular formula is C27H28N2O4. The van der Waals surface area contributed by atoms with Gasteiger partial charge in [0, 0.05) is 12.1 Å². The molecule has 1 aromatic heterocycles. The van der Waals surface area contributed by atoms with Crippen LogP contribution >= 0.6 is 0 Å². The van der Waals surface area contributed by atoms with Crippen LogP contribution in [-0.4, -0.2) is 29.4 Å². The van der Waals surface area contributed by atoms with Gasteiger partial charge in [-0.05, 0) is 68.8 Å². The van der Waals surface area contributed by atoms with Crippen molar-refractivity contribution in [2.75, 3.05) is 13.7 Å². The second-order valence-electron chi connectivity index (χ2n) is 7.95. The highest BCUT2D eigenvalue weighted by Crippen LogP contribution is 2.28. The van der Waals surface area contributed by atoms with E-state index in [4.69, 9.17) is 19.2 Å². The van der Waals surface area contributed by atoms with E-state index in [9.17, 15) is 4.79 Å². The van der Waals surface area contributed by atoms with Crippen LogP contribution in [0.3, 0.4) is 0 Å². The molecule has 0 aliphatic rings. The largest absolute Gasteiger partial charge is 0.497 e. The van der Waals surface area contributed by atoms with Gasteiger partial charge in [0.25, 0.3) is 5.56 Å². The Kier molecular flexibility index (Phi) is 6.93. The van der Waals surface area contributed by atoms with Gasteiger partial charge >= 0.3 is 0 Å². The number of aromatic nitrogens is 2. The summed E-state index contributed by atoms with van der Waals surface area (Å²) in [7, 11) is 1.63. The third-order valence-electron chi connectivity index (χ3n) is 5.21. The van der Waals surface area contributed by atoms with Crippen LogP contribution in [0.2, 0.25) is 0 Å². The van der Waals surface area contributed by atoms with Crippen LogP contribution < -0.4 is 19.8 Å². The van der Waals surface area contributed by atoms with Gasteiger partial charge in [0.05, 0.1) is 30.7 Å². The molecule has 0 fully saturated rings. The molecule has 0 unspecified atom stereocenters. The summed E-state index contributed by atoms with van der Waals surface area (Å²) in [6.07, 6.45) is 0.697. The molecule has 3 aromatic carbocycles. The maximum atomic E-state index is 13.3. The molecule has 0 spiro atoms. The fraction of sp³-hybridized carbons (Fsp3) is 0.259. The molecule has 0 radical (unpaired) electrons. The molecule has 1 heterocycles. The van der Waals surface area contributed by atoms with Crippen molar-refractivity contribution in [2.24, 2.45) is 0 Å². The average Bonchev–Trinajstić information content (AvgIpc) is 2.83. The highest BCUT2D eigenvalue weighted by Gasteiger charge is 2.13. The Morgan fingerprint density at radius 3 is 2.33 bits per heavy atom. The Balaban J connectivity index is 1.58. The maximum absolute atomic E-state index is 13.3. The van der Waals surface area contributed by atoms with Gasteiger partial charge in [-0.1, -0.05) is 24.3 Å². The zero-order chi connectivity index (χ0) is 23.2. The fourth-order valence-corrected chi connectivity index (χ4v) is 3.66. The lowest BCUT2D eigenvalue weighted by Crippen LogP contribution is -2.24. The van der Waals surface area contributed by atoms with Crippen molar-refractivity contribution in [3.05, 3.63) is 83.2 Å². The summed E-state index contributed by atoms with van der Waals surface area (Å²) in [6, 6.07) is 22.6. The van der Waals surface area contributed by atoms with Gasteiger partial charge in [0.1, 0.15) is 11.6 Å². The monoisotopic (exact) mass is 444 g/mol. The van der Waals surface area contributed by atoms with E-state index < -0.39 is 0 Å². The number of hydrogen-bond donors (Lipinski definition) is 0. The Hall–Kier alpha value is -3.80. The van der Waals surface area contributed by atoms with Crippen molar-refractivity contribution in [3.8, 4) is 28.6 Å². The van der Waals surface area contributed by atoms with Crippen LogP contribution in [0.25, 0.3) is 22.3 Å². The first kappa shape index (κ1) is 22.4. The standard InChI is InChI=1S/C27H28N2O4/c1-19(2)33-25-12-7-6-11-24(25)32-18-8-17-29-26(20-13-15-21(31-3)16-14-20)28-23-10-5-4-9-22(23)27(29)30/h4-7,9-16,19H,8,17-18H2,1-3H3. The number of para-hydroxylation sites is 3. The van der Waals surface area contributed by atoms with E-state index in [1.807, 2.05) is 86.6 Å². The Bertz CT molecular complexity index is 1280. The van der Waals surface area contributed by atoms with Gasteiger partial charge in [-0.2, -0.15) is 0 Å². The van der Waals surface area contributed by atoms with Gasteiger partial charge in [-0.3, -0.25) is 9.36 Å². The van der Waals surface area contributed by atoms with Crippen molar-refractivity contribution in [3.63, 3.8) is 0 Å². The first-order valence-electron chi connectivity index (χ1n) is 11.1. The number of ether oxygens (including phenoxy) is 3. The molecule has 0 N–H and O–H groups in total. The molecule has 0 bridgehead atoms. The number of fused-ring (bicyclic) bond motifs is 1. The van der Waals surface area contributed by atoms with Gasteiger partial charge in [-0.15, -0.1) is 0 Å². The molecule has 0 atom stereocenters. The molecule has 170 valence electrons. The first-order valence-corrected chi connectivity index (χ1v) is 11.1. The minimum Gasteiger partial charge on any atom is -0.497 e.